The van der Waals surface area contributed by atoms with Crippen molar-refractivity contribution in [1.82, 2.24) is 0 Å². The Bertz CT molecular complexity index is 781. The summed E-state index contributed by atoms with van der Waals surface area (Å²) in [4.78, 5) is 37.6. The molecule has 0 radical (unpaired) electrons. The van der Waals surface area contributed by atoms with Gasteiger partial charge in [0.15, 0.2) is 6.10 Å². The quantitative estimate of drug-likeness (QED) is 0.0353. The van der Waals surface area contributed by atoms with Crippen molar-refractivity contribution < 1.29 is 28.6 Å². The predicted molar refractivity (Wildman–Crippen MR) is 220 cm³/mol. The van der Waals surface area contributed by atoms with Crippen molar-refractivity contribution in [3.05, 3.63) is 0 Å². The molecule has 0 aromatic carbocycles. The van der Waals surface area contributed by atoms with Crippen molar-refractivity contribution >= 4 is 17.9 Å². The van der Waals surface area contributed by atoms with E-state index in [9.17, 15) is 14.4 Å². The molecule has 0 saturated carbocycles. The Hall–Kier alpha value is -1.59. The Morgan fingerprint density at radius 3 is 0.942 bits per heavy atom. The van der Waals surface area contributed by atoms with E-state index in [1.165, 1.54) is 148 Å². The lowest BCUT2D eigenvalue weighted by molar-refractivity contribution is -0.167. The first-order valence-corrected chi connectivity index (χ1v) is 22.9. The largest absolute Gasteiger partial charge is 0.462 e. The van der Waals surface area contributed by atoms with E-state index in [1.807, 2.05) is 0 Å². The molecule has 0 fully saturated rings. The molecule has 0 heterocycles. The molecule has 0 aromatic rings. The minimum Gasteiger partial charge on any atom is -0.462 e. The van der Waals surface area contributed by atoms with Gasteiger partial charge in [-0.15, -0.1) is 0 Å². The highest BCUT2D eigenvalue weighted by molar-refractivity contribution is 5.71. The molecule has 0 unspecified atom stereocenters. The molecule has 0 aromatic heterocycles. The van der Waals surface area contributed by atoms with E-state index >= 15 is 0 Å². The van der Waals surface area contributed by atoms with Crippen LogP contribution in [0.15, 0.2) is 0 Å². The highest BCUT2D eigenvalue weighted by atomic mass is 16.6. The van der Waals surface area contributed by atoms with E-state index in [-0.39, 0.29) is 31.1 Å². The zero-order valence-corrected chi connectivity index (χ0v) is 35.3. The maximum absolute atomic E-state index is 12.7. The van der Waals surface area contributed by atoms with Gasteiger partial charge in [-0.25, -0.2) is 0 Å². The Balaban J connectivity index is 4.32. The summed E-state index contributed by atoms with van der Waals surface area (Å²) in [5.41, 5.74) is 0. The van der Waals surface area contributed by atoms with Crippen LogP contribution in [0.25, 0.3) is 0 Å². The summed E-state index contributed by atoms with van der Waals surface area (Å²) in [5.74, 6) is -0.0479. The van der Waals surface area contributed by atoms with Gasteiger partial charge in [-0.2, -0.15) is 0 Å². The summed E-state index contributed by atoms with van der Waals surface area (Å²) in [7, 11) is 0. The van der Waals surface area contributed by atoms with Crippen LogP contribution in [-0.4, -0.2) is 37.2 Å². The van der Waals surface area contributed by atoms with Crippen LogP contribution in [-0.2, 0) is 28.6 Å². The highest BCUT2D eigenvalue weighted by Crippen LogP contribution is 2.16. The molecule has 0 amide bonds. The number of unbranched alkanes of at least 4 members (excludes halogenated alkanes) is 28. The van der Waals surface area contributed by atoms with Gasteiger partial charge in [0.25, 0.3) is 0 Å². The van der Waals surface area contributed by atoms with Crippen molar-refractivity contribution in [2.45, 2.75) is 259 Å². The first kappa shape index (κ1) is 50.4. The van der Waals surface area contributed by atoms with E-state index in [0.29, 0.717) is 19.3 Å². The lowest BCUT2D eigenvalue weighted by Gasteiger charge is -2.18. The second kappa shape index (κ2) is 40.6. The van der Waals surface area contributed by atoms with Crippen LogP contribution < -0.4 is 0 Å². The van der Waals surface area contributed by atoms with Crippen LogP contribution >= 0.6 is 0 Å². The van der Waals surface area contributed by atoms with Crippen LogP contribution in [0.5, 0.6) is 0 Å². The number of carbonyl (C=O) groups is 3. The van der Waals surface area contributed by atoms with Crippen LogP contribution in [0, 0.1) is 5.92 Å². The maximum atomic E-state index is 12.7. The lowest BCUT2D eigenvalue weighted by atomic mass is 10.0. The highest BCUT2D eigenvalue weighted by Gasteiger charge is 2.19. The van der Waals surface area contributed by atoms with Crippen LogP contribution in [0.2, 0.25) is 0 Å². The standard InChI is InChI=1S/C46H88O6/c1-5-7-9-11-13-15-16-17-18-22-27-31-35-39-46(49)52-43(40-50-44(47)37-33-29-25-20-14-12-10-8-6-2)41-51-45(48)38-34-30-26-23-19-21-24-28-32-36-42(3)4/h42-43H,5-41H2,1-4H3/t43-/m1/s1. The molecule has 0 aliphatic carbocycles. The molecule has 0 aliphatic heterocycles. The van der Waals surface area contributed by atoms with E-state index in [4.69, 9.17) is 14.2 Å². The van der Waals surface area contributed by atoms with Crippen LogP contribution in [0.1, 0.15) is 252 Å². The van der Waals surface area contributed by atoms with Gasteiger partial charge in [0, 0.05) is 19.3 Å². The minimum atomic E-state index is -0.758. The van der Waals surface area contributed by atoms with Crippen LogP contribution in [0.3, 0.4) is 0 Å². The van der Waals surface area contributed by atoms with Gasteiger partial charge in [0.1, 0.15) is 13.2 Å². The number of rotatable bonds is 41. The number of ether oxygens (including phenoxy) is 3. The fourth-order valence-corrected chi connectivity index (χ4v) is 6.80. The smallest absolute Gasteiger partial charge is 0.306 e. The molecular weight excluding hydrogens is 648 g/mol. The van der Waals surface area contributed by atoms with Gasteiger partial charge in [-0.1, -0.05) is 214 Å². The Labute approximate surface area is 323 Å². The summed E-state index contributed by atoms with van der Waals surface area (Å²) in [6, 6.07) is 0. The predicted octanol–water partition coefficient (Wildman–Crippen LogP) is 14.3. The first-order chi connectivity index (χ1) is 25.4. The third kappa shape index (κ3) is 39.6. The average Bonchev–Trinajstić information content (AvgIpc) is 3.12. The van der Waals surface area contributed by atoms with Crippen molar-refractivity contribution in [3.63, 3.8) is 0 Å². The number of carbonyl (C=O) groups excluding carboxylic acids is 3. The number of hydrogen-bond donors (Lipinski definition) is 0. The molecule has 52 heavy (non-hydrogen) atoms. The zero-order valence-electron chi connectivity index (χ0n) is 35.3. The maximum Gasteiger partial charge on any atom is 0.306 e. The molecular formula is C46H88O6. The number of esters is 3. The Morgan fingerprint density at radius 2 is 0.635 bits per heavy atom. The van der Waals surface area contributed by atoms with Crippen LogP contribution in [0.4, 0.5) is 0 Å². The second-order valence-corrected chi connectivity index (χ2v) is 16.2. The molecule has 0 aliphatic rings. The fraction of sp³-hybridized carbons (Fsp3) is 0.935. The van der Waals surface area contributed by atoms with E-state index < -0.39 is 6.10 Å². The van der Waals surface area contributed by atoms with E-state index in [0.717, 1.165) is 63.7 Å². The third-order valence-electron chi connectivity index (χ3n) is 10.3. The summed E-state index contributed by atoms with van der Waals surface area (Å²) >= 11 is 0. The Morgan fingerprint density at radius 1 is 0.365 bits per heavy atom. The van der Waals surface area contributed by atoms with Gasteiger partial charge < -0.3 is 14.2 Å². The van der Waals surface area contributed by atoms with Gasteiger partial charge in [-0.05, 0) is 25.2 Å². The average molecular weight is 737 g/mol. The zero-order chi connectivity index (χ0) is 38.2. The molecule has 308 valence electrons. The van der Waals surface area contributed by atoms with Crippen molar-refractivity contribution in [2.75, 3.05) is 13.2 Å². The molecule has 0 spiro atoms. The van der Waals surface area contributed by atoms with Crippen molar-refractivity contribution in [1.29, 1.82) is 0 Å². The number of hydrogen-bond acceptors (Lipinski definition) is 6. The Kier molecular flexibility index (Phi) is 39.4. The molecule has 1 atom stereocenters. The summed E-state index contributed by atoms with van der Waals surface area (Å²) in [6.45, 7) is 8.96. The van der Waals surface area contributed by atoms with E-state index in [1.54, 1.807) is 0 Å². The molecule has 0 saturated heterocycles. The lowest BCUT2D eigenvalue weighted by Crippen LogP contribution is -2.30. The summed E-state index contributed by atoms with van der Waals surface area (Å²) in [5, 5.41) is 0. The van der Waals surface area contributed by atoms with Gasteiger partial charge in [0.05, 0.1) is 0 Å². The third-order valence-corrected chi connectivity index (χ3v) is 10.3. The second-order valence-electron chi connectivity index (χ2n) is 16.2. The minimum absolute atomic E-state index is 0.0641. The van der Waals surface area contributed by atoms with Crippen molar-refractivity contribution in [3.8, 4) is 0 Å². The molecule has 0 bridgehead atoms. The molecule has 6 heteroatoms. The first-order valence-electron chi connectivity index (χ1n) is 22.9. The molecule has 0 rings (SSSR count). The topological polar surface area (TPSA) is 78.9 Å². The van der Waals surface area contributed by atoms with E-state index in [2.05, 4.69) is 27.7 Å². The van der Waals surface area contributed by atoms with Crippen molar-refractivity contribution in [2.24, 2.45) is 5.92 Å². The monoisotopic (exact) mass is 737 g/mol. The van der Waals surface area contributed by atoms with Gasteiger partial charge in [-0.3, -0.25) is 14.4 Å². The SMILES string of the molecule is CCCCCCCCCCCCCCCC(=O)O[C@H](COC(=O)CCCCCCCCCCC)COC(=O)CCCCCCCCCCCC(C)C. The van der Waals surface area contributed by atoms with Gasteiger partial charge >= 0.3 is 17.9 Å². The normalized spacial score (nSPS) is 11.9. The summed E-state index contributed by atoms with van der Waals surface area (Å²) < 4.78 is 16.7. The summed E-state index contributed by atoms with van der Waals surface area (Å²) in [6.07, 6.45) is 39.4. The molecule has 0 N–H and O–H groups in total. The van der Waals surface area contributed by atoms with Gasteiger partial charge in [0.2, 0.25) is 0 Å². The fourth-order valence-electron chi connectivity index (χ4n) is 6.80. The molecule has 6 nitrogen and oxygen atoms in total.